The molecule has 0 fully saturated rings. The number of anilines is 1. The van der Waals surface area contributed by atoms with Crippen LogP contribution in [0.2, 0.25) is 0 Å². The van der Waals surface area contributed by atoms with Crippen LogP contribution in [0, 0.1) is 5.21 Å². The van der Waals surface area contributed by atoms with Crippen molar-refractivity contribution >= 4 is 11.4 Å². The molecule has 1 atom stereocenters. The van der Waals surface area contributed by atoms with E-state index in [-0.39, 0.29) is 0 Å². The average Bonchev–Trinajstić information content (AvgIpc) is 1.88. The van der Waals surface area contributed by atoms with Gasteiger partial charge in [-0.1, -0.05) is 0 Å². The molecular formula is C6H9N3O. The first-order valence-corrected chi connectivity index (χ1v) is 2.85. The lowest BCUT2D eigenvalue weighted by Crippen LogP contribution is -3.08. The maximum Gasteiger partial charge on any atom is 0.150 e. The van der Waals surface area contributed by atoms with E-state index >= 15 is 0 Å². The molecule has 4 heteroatoms. The van der Waals surface area contributed by atoms with E-state index in [1.54, 1.807) is 24.3 Å². The molecule has 0 radical (unpaired) electrons. The Labute approximate surface area is 58.6 Å². The van der Waals surface area contributed by atoms with E-state index in [1.165, 1.54) is 0 Å². The van der Waals surface area contributed by atoms with Gasteiger partial charge in [0.25, 0.3) is 0 Å². The zero-order valence-electron chi connectivity index (χ0n) is 5.37. The first kappa shape index (κ1) is 7.01. The van der Waals surface area contributed by atoms with E-state index in [2.05, 4.69) is 0 Å². The Morgan fingerprint density at radius 3 is 2.10 bits per heavy atom. The van der Waals surface area contributed by atoms with Gasteiger partial charge in [-0.2, -0.15) is 5.84 Å². The summed E-state index contributed by atoms with van der Waals surface area (Å²) in [5.74, 6) is 4.98. The topological polar surface area (TPSA) is 79.5 Å². The second-order valence-electron chi connectivity index (χ2n) is 1.99. The lowest BCUT2D eigenvalue weighted by molar-refractivity contribution is -0.789. The van der Waals surface area contributed by atoms with Crippen molar-refractivity contribution in [3.05, 3.63) is 29.5 Å². The molecule has 5 N–H and O–H groups in total. The monoisotopic (exact) mass is 139 g/mol. The molecule has 1 unspecified atom stereocenters. The molecule has 0 aromatic heterocycles. The number of quaternary nitrogens is 1. The summed E-state index contributed by atoms with van der Waals surface area (Å²) in [6, 6.07) is 6.47. The van der Waals surface area contributed by atoms with Gasteiger partial charge in [0, 0.05) is 17.8 Å². The molecule has 1 aromatic rings. The maximum atomic E-state index is 10.5. The van der Waals surface area contributed by atoms with Crippen LogP contribution in [0.3, 0.4) is 0 Å². The van der Waals surface area contributed by atoms with Crippen LogP contribution in [0.15, 0.2) is 24.3 Å². The van der Waals surface area contributed by atoms with E-state index in [4.69, 9.17) is 11.6 Å². The molecule has 0 spiro atoms. The second kappa shape index (κ2) is 2.66. The van der Waals surface area contributed by atoms with Gasteiger partial charge in [0.2, 0.25) is 0 Å². The summed E-state index contributed by atoms with van der Waals surface area (Å²) in [5.41, 5.74) is 6.49. The molecule has 1 aromatic carbocycles. The Morgan fingerprint density at radius 2 is 1.70 bits per heavy atom. The minimum Gasteiger partial charge on any atom is -0.608 e. The van der Waals surface area contributed by atoms with Crippen LogP contribution in [0.25, 0.3) is 0 Å². The Morgan fingerprint density at radius 1 is 1.20 bits per heavy atom. The minimum atomic E-state index is -0.431. The fraction of sp³-hybridized carbons (Fsp3) is 0. The van der Waals surface area contributed by atoms with Crippen LogP contribution in [0.4, 0.5) is 11.4 Å². The van der Waals surface area contributed by atoms with Crippen LogP contribution in [-0.2, 0) is 0 Å². The lowest BCUT2D eigenvalue weighted by atomic mass is 10.3. The van der Waals surface area contributed by atoms with E-state index < -0.39 is 5.17 Å². The Bertz CT molecular complexity index is 207. The van der Waals surface area contributed by atoms with Gasteiger partial charge in [-0.05, 0) is 12.1 Å². The highest BCUT2D eigenvalue weighted by Crippen LogP contribution is 2.04. The fourth-order valence-corrected chi connectivity index (χ4v) is 0.647. The molecular weight excluding hydrogens is 130 g/mol. The molecule has 0 aliphatic heterocycles. The molecule has 54 valence electrons. The van der Waals surface area contributed by atoms with Crippen molar-refractivity contribution in [1.29, 1.82) is 0 Å². The van der Waals surface area contributed by atoms with E-state index in [9.17, 15) is 5.21 Å². The molecule has 0 aliphatic rings. The summed E-state index contributed by atoms with van der Waals surface area (Å²) in [5, 5.41) is 10.1. The minimum absolute atomic E-state index is 0.431. The van der Waals surface area contributed by atoms with E-state index in [0.717, 1.165) is 0 Å². The van der Waals surface area contributed by atoms with Crippen molar-refractivity contribution in [2.75, 3.05) is 5.73 Å². The third-order valence-electron chi connectivity index (χ3n) is 1.20. The standard InChI is InChI=1S/C6H9N3O/c7-5-1-3-6(4-2-5)9(8)10/h1-4,9H,7-8H2. The van der Waals surface area contributed by atoms with Gasteiger partial charge < -0.3 is 10.9 Å². The van der Waals surface area contributed by atoms with Gasteiger partial charge in [0.15, 0.2) is 5.69 Å². The Balaban J connectivity index is 2.89. The molecule has 0 bridgehead atoms. The zero-order chi connectivity index (χ0) is 7.56. The lowest BCUT2D eigenvalue weighted by Gasteiger charge is -2.13. The van der Waals surface area contributed by atoms with Crippen LogP contribution in [0.1, 0.15) is 0 Å². The smallest absolute Gasteiger partial charge is 0.150 e. The van der Waals surface area contributed by atoms with Crippen molar-refractivity contribution in [3.8, 4) is 0 Å². The predicted molar refractivity (Wildman–Crippen MR) is 39.0 cm³/mol. The summed E-state index contributed by atoms with van der Waals surface area (Å²) >= 11 is 0. The molecule has 0 amide bonds. The zero-order valence-corrected chi connectivity index (χ0v) is 5.37. The van der Waals surface area contributed by atoms with Crippen molar-refractivity contribution < 1.29 is 5.17 Å². The number of nitrogen functional groups attached to an aromatic ring is 2. The largest absolute Gasteiger partial charge is 0.608 e. The summed E-state index contributed by atoms with van der Waals surface area (Å²) in [4.78, 5) is 0. The number of nitrogens with one attached hydrogen (secondary N) is 1. The normalized spacial score (nSPS) is 13.0. The molecule has 10 heavy (non-hydrogen) atoms. The molecule has 4 nitrogen and oxygen atoms in total. The fourth-order valence-electron chi connectivity index (χ4n) is 0.647. The van der Waals surface area contributed by atoms with Crippen molar-refractivity contribution in [2.24, 2.45) is 5.84 Å². The highest BCUT2D eigenvalue weighted by molar-refractivity contribution is 5.44. The number of hydrogen-bond acceptors (Lipinski definition) is 3. The van der Waals surface area contributed by atoms with E-state index in [1.807, 2.05) is 0 Å². The van der Waals surface area contributed by atoms with Crippen LogP contribution < -0.4 is 16.7 Å². The quantitative estimate of drug-likeness (QED) is 0.269. The Kier molecular flexibility index (Phi) is 1.86. The van der Waals surface area contributed by atoms with Gasteiger partial charge >= 0.3 is 0 Å². The molecule has 0 saturated carbocycles. The first-order chi connectivity index (χ1) is 4.70. The van der Waals surface area contributed by atoms with Gasteiger partial charge in [0.05, 0.1) is 0 Å². The highest BCUT2D eigenvalue weighted by atomic mass is 16.5. The third-order valence-corrected chi connectivity index (χ3v) is 1.20. The second-order valence-corrected chi connectivity index (χ2v) is 1.99. The third kappa shape index (κ3) is 1.44. The summed E-state index contributed by atoms with van der Waals surface area (Å²) in [6.45, 7) is 0. The highest BCUT2D eigenvalue weighted by Gasteiger charge is 1.94. The van der Waals surface area contributed by atoms with Crippen molar-refractivity contribution in [1.82, 2.24) is 0 Å². The molecule has 0 aliphatic carbocycles. The van der Waals surface area contributed by atoms with Gasteiger partial charge in [-0.15, -0.1) is 0 Å². The predicted octanol–water partition coefficient (Wildman–Crippen LogP) is -0.843. The average molecular weight is 139 g/mol. The van der Waals surface area contributed by atoms with Crippen molar-refractivity contribution in [3.63, 3.8) is 0 Å². The van der Waals surface area contributed by atoms with Crippen molar-refractivity contribution in [2.45, 2.75) is 0 Å². The molecule has 0 saturated heterocycles. The van der Waals surface area contributed by atoms with Crippen LogP contribution >= 0.6 is 0 Å². The van der Waals surface area contributed by atoms with Crippen LogP contribution in [0.5, 0.6) is 0 Å². The van der Waals surface area contributed by atoms with Crippen LogP contribution in [-0.4, -0.2) is 0 Å². The summed E-state index contributed by atoms with van der Waals surface area (Å²) in [7, 11) is 0. The molecule has 1 rings (SSSR count). The summed E-state index contributed by atoms with van der Waals surface area (Å²) < 4.78 is 0. The van der Waals surface area contributed by atoms with Gasteiger partial charge in [0.1, 0.15) is 0 Å². The first-order valence-electron chi connectivity index (χ1n) is 2.85. The van der Waals surface area contributed by atoms with Gasteiger partial charge in [-0.3, -0.25) is 5.17 Å². The number of hydrogen-bond donors (Lipinski definition) is 3. The van der Waals surface area contributed by atoms with Gasteiger partial charge in [-0.25, -0.2) is 0 Å². The molecule has 0 heterocycles. The maximum absolute atomic E-state index is 10.5. The Hall–Kier alpha value is -1.10. The SMILES string of the molecule is Nc1ccc([NH+](N)[O-])cc1. The number of nitrogens with two attached hydrogens (primary N) is 2. The van der Waals surface area contributed by atoms with E-state index in [0.29, 0.717) is 11.4 Å². The number of rotatable bonds is 1. The summed E-state index contributed by atoms with van der Waals surface area (Å²) in [6.07, 6.45) is 0. The number of benzene rings is 1.